The summed E-state index contributed by atoms with van der Waals surface area (Å²) in [6.07, 6.45) is 82.1. The van der Waals surface area contributed by atoms with Crippen molar-refractivity contribution in [2.24, 2.45) is 0 Å². The molecule has 0 bridgehead atoms. The van der Waals surface area contributed by atoms with Gasteiger partial charge in [0, 0.05) is 19.3 Å². The Hall–Kier alpha value is -3.41. The Balaban J connectivity index is 4.01. The Bertz CT molecular complexity index is 1420. The molecule has 0 heterocycles. The third kappa shape index (κ3) is 59.5. The lowest BCUT2D eigenvalue weighted by Crippen LogP contribution is -2.30. The van der Waals surface area contributed by atoms with Crippen molar-refractivity contribution in [2.75, 3.05) is 13.2 Å². The summed E-state index contributed by atoms with van der Waals surface area (Å²) in [6, 6.07) is 0. The number of allylic oxidation sites excluding steroid dienone is 14. The topological polar surface area (TPSA) is 78.9 Å². The van der Waals surface area contributed by atoms with E-state index in [1.54, 1.807) is 0 Å². The highest BCUT2D eigenvalue weighted by Crippen LogP contribution is 2.17. The molecule has 0 rings (SSSR count). The van der Waals surface area contributed by atoms with E-state index in [0.717, 1.165) is 109 Å². The number of carbonyl (C=O) groups is 3. The van der Waals surface area contributed by atoms with Crippen LogP contribution in [0.4, 0.5) is 0 Å². The molecule has 0 aromatic heterocycles. The van der Waals surface area contributed by atoms with Gasteiger partial charge in [-0.2, -0.15) is 0 Å². The van der Waals surface area contributed by atoms with E-state index in [9.17, 15) is 14.4 Å². The molecule has 0 aromatic rings. The van der Waals surface area contributed by atoms with Gasteiger partial charge >= 0.3 is 17.9 Å². The first-order chi connectivity index (χ1) is 36.5. The largest absolute Gasteiger partial charge is 0.462 e. The zero-order chi connectivity index (χ0) is 53.6. The third-order valence-electron chi connectivity index (χ3n) is 13.7. The summed E-state index contributed by atoms with van der Waals surface area (Å²) in [5.74, 6) is -0.878. The van der Waals surface area contributed by atoms with Crippen LogP contribution in [0.1, 0.15) is 310 Å². The molecule has 1 unspecified atom stereocenters. The molecule has 1 atom stereocenters. The summed E-state index contributed by atoms with van der Waals surface area (Å²) in [5, 5.41) is 0. The van der Waals surface area contributed by atoms with E-state index in [4.69, 9.17) is 14.2 Å². The molecule has 0 aliphatic rings. The number of hydrogen-bond acceptors (Lipinski definition) is 6. The average Bonchev–Trinajstić information content (AvgIpc) is 3.40. The monoisotopic (exact) mass is 1030 g/mol. The van der Waals surface area contributed by atoms with E-state index < -0.39 is 6.10 Å². The van der Waals surface area contributed by atoms with Crippen LogP contribution in [0.2, 0.25) is 0 Å². The van der Waals surface area contributed by atoms with Gasteiger partial charge in [0.25, 0.3) is 0 Å². The Morgan fingerprint density at radius 3 is 0.824 bits per heavy atom. The van der Waals surface area contributed by atoms with Crippen LogP contribution in [-0.4, -0.2) is 37.2 Å². The Kier molecular flexibility index (Phi) is 59.3. The molecule has 0 aliphatic carbocycles. The van der Waals surface area contributed by atoms with Crippen molar-refractivity contribution in [3.05, 3.63) is 85.1 Å². The van der Waals surface area contributed by atoms with Crippen LogP contribution in [0.25, 0.3) is 0 Å². The molecule has 0 N–H and O–H groups in total. The quantitative estimate of drug-likeness (QED) is 0.0261. The normalized spacial score (nSPS) is 12.6. The Morgan fingerprint density at radius 2 is 0.527 bits per heavy atom. The lowest BCUT2D eigenvalue weighted by atomic mass is 10.0. The molecular weight excluding hydrogens is 913 g/mol. The van der Waals surface area contributed by atoms with Crippen molar-refractivity contribution < 1.29 is 28.6 Å². The summed E-state index contributed by atoms with van der Waals surface area (Å²) < 4.78 is 16.8. The van der Waals surface area contributed by atoms with Crippen LogP contribution >= 0.6 is 0 Å². The van der Waals surface area contributed by atoms with Gasteiger partial charge < -0.3 is 14.2 Å². The SMILES string of the molecule is CC/C=C\C/C=C\C/C=C\C/C=C\C/C=C\C/C=C\C/C=C\CCCCCCCCCCCCCC(=O)OCC(COC(=O)CCCCCCC)OC(=O)CCCCCCCCCCCCCCCCCCCC. The molecule has 6 nitrogen and oxygen atoms in total. The molecule has 74 heavy (non-hydrogen) atoms. The van der Waals surface area contributed by atoms with E-state index >= 15 is 0 Å². The predicted molar refractivity (Wildman–Crippen MR) is 321 cm³/mol. The van der Waals surface area contributed by atoms with E-state index in [1.165, 1.54) is 161 Å². The van der Waals surface area contributed by atoms with E-state index in [0.29, 0.717) is 19.3 Å². The first-order valence-corrected chi connectivity index (χ1v) is 31.6. The maximum atomic E-state index is 12.8. The zero-order valence-electron chi connectivity index (χ0n) is 48.8. The van der Waals surface area contributed by atoms with Crippen molar-refractivity contribution in [3.8, 4) is 0 Å². The molecule has 0 amide bonds. The first kappa shape index (κ1) is 70.6. The van der Waals surface area contributed by atoms with Crippen LogP contribution in [0.5, 0.6) is 0 Å². The van der Waals surface area contributed by atoms with Gasteiger partial charge in [0.05, 0.1) is 0 Å². The molecule has 426 valence electrons. The molecule has 0 spiro atoms. The maximum Gasteiger partial charge on any atom is 0.306 e. The van der Waals surface area contributed by atoms with E-state index in [1.807, 2.05) is 0 Å². The van der Waals surface area contributed by atoms with Gasteiger partial charge in [-0.1, -0.05) is 298 Å². The first-order valence-electron chi connectivity index (χ1n) is 31.6. The second-order valence-corrected chi connectivity index (χ2v) is 21.0. The van der Waals surface area contributed by atoms with Gasteiger partial charge in [-0.15, -0.1) is 0 Å². The molecule has 0 aromatic carbocycles. The minimum Gasteiger partial charge on any atom is -0.462 e. The van der Waals surface area contributed by atoms with Crippen molar-refractivity contribution >= 4 is 17.9 Å². The summed E-state index contributed by atoms with van der Waals surface area (Å²) in [4.78, 5) is 37.9. The van der Waals surface area contributed by atoms with Crippen molar-refractivity contribution in [3.63, 3.8) is 0 Å². The highest BCUT2D eigenvalue weighted by Gasteiger charge is 2.19. The fraction of sp³-hybridized carbons (Fsp3) is 0.750. The highest BCUT2D eigenvalue weighted by molar-refractivity contribution is 5.71. The van der Waals surface area contributed by atoms with Crippen LogP contribution in [0.15, 0.2) is 85.1 Å². The smallest absolute Gasteiger partial charge is 0.306 e. The standard InChI is InChI=1S/C68H118O6/c1-4-7-10-13-15-17-19-21-23-25-27-28-29-30-31-32-33-34-35-36-37-38-39-40-41-43-44-46-48-50-52-55-58-61-67(70)73-64-65(63-72-66(69)60-57-54-12-9-6-3)74-68(71)62-59-56-53-51-49-47-45-42-26-24-22-20-18-16-14-11-8-5-2/h7,10,15,17,21,23,27-28,30-31,33-34,36-37,65H,4-6,8-9,11-14,16,18-20,22,24-26,29,32,35,38-64H2,1-3H3/b10-7-,17-15-,23-21-,28-27-,31-30-,34-33-,37-36-. The number of rotatable bonds is 57. The second kappa shape index (κ2) is 62.1. The highest BCUT2D eigenvalue weighted by atomic mass is 16.6. The maximum absolute atomic E-state index is 12.8. The minimum atomic E-state index is -0.771. The molecule has 0 aliphatic heterocycles. The number of ether oxygens (including phenoxy) is 3. The molecule has 0 saturated heterocycles. The van der Waals surface area contributed by atoms with Crippen molar-refractivity contribution in [1.29, 1.82) is 0 Å². The van der Waals surface area contributed by atoms with Crippen molar-refractivity contribution in [2.45, 2.75) is 316 Å². The zero-order valence-corrected chi connectivity index (χ0v) is 48.8. The fourth-order valence-corrected chi connectivity index (χ4v) is 8.95. The molecule has 0 radical (unpaired) electrons. The van der Waals surface area contributed by atoms with Gasteiger partial charge in [-0.3, -0.25) is 14.4 Å². The second-order valence-electron chi connectivity index (χ2n) is 21.0. The molecule has 6 heteroatoms. The predicted octanol–water partition coefficient (Wildman–Crippen LogP) is 21.5. The van der Waals surface area contributed by atoms with Crippen molar-refractivity contribution in [1.82, 2.24) is 0 Å². The number of hydrogen-bond donors (Lipinski definition) is 0. The number of unbranched alkanes of at least 4 members (excludes halogenated alkanes) is 32. The van der Waals surface area contributed by atoms with Gasteiger partial charge in [0.2, 0.25) is 0 Å². The molecule has 0 saturated carbocycles. The number of carbonyl (C=O) groups excluding carboxylic acids is 3. The van der Waals surface area contributed by atoms with E-state index in [-0.39, 0.29) is 31.1 Å². The summed E-state index contributed by atoms with van der Waals surface area (Å²) >= 11 is 0. The Morgan fingerprint density at radius 1 is 0.284 bits per heavy atom. The third-order valence-corrected chi connectivity index (χ3v) is 13.7. The lowest BCUT2D eigenvalue weighted by Gasteiger charge is -2.18. The van der Waals surface area contributed by atoms with Gasteiger partial charge in [-0.05, 0) is 77.0 Å². The number of esters is 3. The summed E-state index contributed by atoms with van der Waals surface area (Å²) in [5.41, 5.74) is 0. The molecular formula is C68H118O6. The van der Waals surface area contributed by atoms with Gasteiger partial charge in [-0.25, -0.2) is 0 Å². The van der Waals surface area contributed by atoms with Crippen LogP contribution in [0, 0.1) is 0 Å². The molecule has 0 fully saturated rings. The summed E-state index contributed by atoms with van der Waals surface area (Å²) in [7, 11) is 0. The minimum absolute atomic E-state index is 0.0738. The van der Waals surface area contributed by atoms with Crippen LogP contribution < -0.4 is 0 Å². The van der Waals surface area contributed by atoms with Crippen LogP contribution in [0.3, 0.4) is 0 Å². The average molecular weight is 1030 g/mol. The van der Waals surface area contributed by atoms with E-state index in [2.05, 4.69) is 106 Å². The van der Waals surface area contributed by atoms with Gasteiger partial charge in [0.15, 0.2) is 6.10 Å². The summed E-state index contributed by atoms with van der Waals surface area (Å²) in [6.45, 7) is 6.47. The van der Waals surface area contributed by atoms with Gasteiger partial charge in [0.1, 0.15) is 13.2 Å². The Labute approximate surface area is 458 Å². The lowest BCUT2D eigenvalue weighted by molar-refractivity contribution is -0.167. The van der Waals surface area contributed by atoms with Crippen LogP contribution in [-0.2, 0) is 28.6 Å². The fourth-order valence-electron chi connectivity index (χ4n) is 8.95.